The highest BCUT2D eigenvalue weighted by Crippen LogP contribution is 2.20. The van der Waals surface area contributed by atoms with E-state index < -0.39 is 23.8 Å². The number of carbonyl (C=O) groups excluding carboxylic acids is 3. The number of ether oxygens (including phenoxy) is 1. The smallest absolute Gasteiger partial charge is 0.321 e. The molecule has 1 aliphatic heterocycles. The van der Waals surface area contributed by atoms with Crippen molar-refractivity contribution in [3.63, 3.8) is 0 Å². The van der Waals surface area contributed by atoms with Gasteiger partial charge in [0.25, 0.3) is 5.91 Å². The summed E-state index contributed by atoms with van der Waals surface area (Å²) < 4.78 is 18.2. The number of amides is 3. The molecule has 1 fully saturated rings. The van der Waals surface area contributed by atoms with Crippen LogP contribution in [0, 0.1) is 11.7 Å². The lowest BCUT2D eigenvalue weighted by Crippen LogP contribution is -2.43. The van der Waals surface area contributed by atoms with Crippen LogP contribution in [-0.4, -0.2) is 42.0 Å². The van der Waals surface area contributed by atoms with E-state index in [1.165, 1.54) is 31.2 Å². The van der Waals surface area contributed by atoms with Crippen molar-refractivity contribution in [2.75, 3.05) is 23.7 Å². The van der Waals surface area contributed by atoms with E-state index in [4.69, 9.17) is 4.74 Å². The highest BCUT2D eigenvalue weighted by molar-refractivity contribution is 5.95. The predicted octanol–water partition coefficient (Wildman–Crippen LogP) is 3.64. The van der Waals surface area contributed by atoms with E-state index >= 15 is 0 Å². The Balaban J connectivity index is 1.43. The first-order chi connectivity index (χ1) is 14.4. The monoisotopic (exact) mass is 413 g/mol. The number of esters is 1. The van der Waals surface area contributed by atoms with Gasteiger partial charge in [-0.1, -0.05) is 18.2 Å². The summed E-state index contributed by atoms with van der Waals surface area (Å²) in [5, 5.41) is 5.40. The zero-order chi connectivity index (χ0) is 21.5. The molecule has 0 bridgehead atoms. The van der Waals surface area contributed by atoms with Crippen LogP contribution in [0.25, 0.3) is 0 Å². The number of benzene rings is 2. The van der Waals surface area contributed by atoms with Crippen molar-refractivity contribution >= 4 is 29.3 Å². The van der Waals surface area contributed by atoms with Crippen LogP contribution in [0.5, 0.6) is 0 Å². The number of hydrogen-bond donors (Lipinski definition) is 2. The van der Waals surface area contributed by atoms with Crippen LogP contribution in [0.2, 0.25) is 0 Å². The van der Waals surface area contributed by atoms with Gasteiger partial charge in [-0.05, 0) is 56.2 Å². The Morgan fingerprint density at radius 2 is 1.57 bits per heavy atom. The van der Waals surface area contributed by atoms with Gasteiger partial charge in [0.2, 0.25) is 0 Å². The number of likely N-dealkylation sites (tertiary alicyclic amines) is 1. The molecule has 8 heteroatoms. The van der Waals surface area contributed by atoms with Gasteiger partial charge in [0.15, 0.2) is 6.10 Å². The van der Waals surface area contributed by atoms with Crippen molar-refractivity contribution in [2.24, 2.45) is 5.92 Å². The standard InChI is InChI=1S/C22H24FN3O4/c1-15(20(27)24-19-9-7-17(23)8-10-19)30-21(28)16-11-13-26(14-12-16)22(29)25-18-5-3-2-4-6-18/h2-10,15-16H,11-14H2,1H3,(H,24,27)(H,25,29)/t15-/m1/s1. The number of anilines is 2. The number of urea groups is 1. The number of piperidine rings is 1. The number of rotatable bonds is 5. The molecule has 0 aliphatic carbocycles. The van der Waals surface area contributed by atoms with E-state index in [0.29, 0.717) is 37.3 Å². The minimum absolute atomic E-state index is 0.208. The Morgan fingerprint density at radius 3 is 2.20 bits per heavy atom. The second kappa shape index (κ2) is 9.87. The summed E-state index contributed by atoms with van der Waals surface area (Å²) in [7, 11) is 0. The number of nitrogens with one attached hydrogen (secondary N) is 2. The number of hydrogen-bond acceptors (Lipinski definition) is 4. The average Bonchev–Trinajstić information content (AvgIpc) is 2.76. The van der Waals surface area contributed by atoms with Crippen molar-refractivity contribution in [3.8, 4) is 0 Å². The Hall–Kier alpha value is -3.42. The molecule has 2 aromatic carbocycles. The van der Waals surface area contributed by atoms with Crippen LogP contribution in [0.1, 0.15) is 19.8 Å². The molecule has 30 heavy (non-hydrogen) atoms. The summed E-state index contributed by atoms with van der Waals surface area (Å²) in [6.45, 7) is 2.34. The molecule has 0 unspecified atom stereocenters. The number of carbonyl (C=O) groups is 3. The molecule has 7 nitrogen and oxygen atoms in total. The second-order valence-electron chi connectivity index (χ2n) is 7.13. The first-order valence-electron chi connectivity index (χ1n) is 9.80. The zero-order valence-electron chi connectivity index (χ0n) is 16.6. The van der Waals surface area contributed by atoms with Gasteiger partial charge in [0.1, 0.15) is 5.82 Å². The maximum absolute atomic E-state index is 12.9. The van der Waals surface area contributed by atoms with Crippen LogP contribution >= 0.6 is 0 Å². The van der Waals surface area contributed by atoms with E-state index in [1.807, 2.05) is 18.2 Å². The molecule has 0 saturated carbocycles. The van der Waals surface area contributed by atoms with Gasteiger partial charge in [0.05, 0.1) is 5.92 Å². The molecule has 1 aliphatic rings. The first kappa shape index (κ1) is 21.3. The topological polar surface area (TPSA) is 87.7 Å². The van der Waals surface area contributed by atoms with Gasteiger partial charge in [0, 0.05) is 24.5 Å². The third kappa shape index (κ3) is 5.79. The fraction of sp³-hybridized carbons (Fsp3) is 0.318. The SMILES string of the molecule is C[C@@H](OC(=O)C1CCN(C(=O)Nc2ccccc2)CC1)C(=O)Nc1ccc(F)cc1. The third-order valence-electron chi connectivity index (χ3n) is 4.91. The molecule has 2 N–H and O–H groups in total. The Morgan fingerprint density at radius 1 is 0.967 bits per heavy atom. The molecule has 1 atom stereocenters. The van der Waals surface area contributed by atoms with E-state index in [0.717, 1.165) is 0 Å². The van der Waals surface area contributed by atoms with Crippen molar-refractivity contribution in [1.82, 2.24) is 4.90 Å². The van der Waals surface area contributed by atoms with Gasteiger partial charge in [-0.2, -0.15) is 0 Å². The zero-order valence-corrected chi connectivity index (χ0v) is 16.6. The van der Waals surface area contributed by atoms with E-state index in [2.05, 4.69) is 10.6 Å². The van der Waals surface area contributed by atoms with Gasteiger partial charge in [-0.3, -0.25) is 9.59 Å². The Bertz CT molecular complexity index is 881. The molecule has 1 heterocycles. The molecule has 158 valence electrons. The summed E-state index contributed by atoms with van der Waals surface area (Å²) in [5.74, 6) is -1.72. The largest absolute Gasteiger partial charge is 0.452 e. The van der Waals surface area contributed by atoms with Crippen molar-refractivity contribution < 1.29 is 23.5 Å². The van der Waals surface area contributed by atoms with Crippen molar-refractivity contribution in [3.05, 3.63) is 60.4 Å². The highest BCUT2D eigenvalue weighted by Gasteiger charge is 2.30. The summed E-state index contributed by atoms with van der Waals surface area (Å²) in [5.41, 5.74) is 1.13. The van der Waals surface area contributed by atoms with E-state index in [9.17, 15) is 18.8 Å². The lowest BCUT2D eigenvalue weighted by Gasteiger charge is -2.31. The summed E-state index contributed by atoms with van der Waals surface area (Å²) in [6, 6.07) is 14.3. The summed E-state index contributed by atoms with van der Waals surface area (Å²) in [4.78, 5) is 38.6. The van der Waals surface area contributed by atoms with Crippen LogP contribution in [0.15, 0.2) is 54.6 Å². The van der Waals surface area contributed by atoms with Crippen LogP contribution in [0.3, 0.4) is 0 Å². The quantitative estimate of drug-likeness (QED) is 0.733. The lowest BCUT2D eigenvalue weighted by atomic mass is 9.97. The van der Waals surface area contributed by atoms with Crippen molar-refractivity contribution in [1.29, 1.82) is 0 Å². The van der Waals surface area contributed by atoms with Gasteiger partial charge >= 0.3 is 12.0 Å². The molecular formula is C22H24FN3O4. The number of halogens is 1. The fourth-order valence-corrected chi connectivity index (χ4v) is 3.14. The fourth-order valence-electron chi connectivity index (χ4n) is 3.14. The number of nitrogens with zero attached hydrogens (tertiary/aromatic N) is 1. The molecule has 1 saturated heterocycles. The van der Waals surface area contributed by atoms with E-state index in [1.54, 1.807) is 17.0 Å². The third-order valence-corrected chi connectivity index (χ3v) is 4.91. The average molecular weight is 413 g/mol. The van der Waals surface area contributed by atoms with Gasteiger partial charge < -0.3 is 20.3 Å². The maximum atomic E-state index is 12.9. The molecule has 0 spiro atoms. The molecule has 2 aromatic rings. The number of para-hydroxylation sites is 1. The summed E-state index contributed by atoms with van der Waals surface area (Å²) in [6.07, 6.45) is -0.0531. The van der Waals surface area contributed by atoms with Gasteiger partial charge in [-0.15, -0.1) is 0 Å². The van der Waals surface area contributed by atoms with E-state index in [-0.39, 0.29) is 11.9 Å². The highest BCUT2D eigenvalue weighted by atomic mass is 19.1. The second-order valence-corrected chi connectivity index (χ2v) is 7.13. The maximum Gasteiger partial charge on any atom is 0.321 e. The van der Waals surface area contributed by atoms with Crippen LogP contribution < -0.4 is 10.6 Å². The Kier molecular flexibility index (Phi) is 7.00. The predicted molar refractivity (Wildman–Crippen MR) is 110 cm³/mol. The Labute approximate surface area is 174 Å². The normalized spacial score (nSPS) is 15.2. The lowest BCUT2D eigenvalue weighted by molar-refractivity contribution is -0.158. The summed E-state index contributed by atoms with van der Waals surface area (Å²) >= 11 is 0. The molecular weight excluding hydrogens is 389 g/mol. The molecule has 3 amide bonds. The molecule has 0 aromatic heterocycles. The van der Waals surface area contributed by atoms with Crippen molar-refractivity contribution in [2.45, 2.75) is 25.9 Å². The van der Waals surface area contributed by atoms with Crippen LogP contribution in [-0.2, 0) is 14.3 Å². The van der Waals surface area contributed by atoms with Crippen LogP contribution in [0.4, 0.5) is 20.6 Å². The molecule has 0 radical (unpaired) electrons. The minimum Gasteiger partial charge on any atom is -0.452 e. The minimum atomic E-state index is -0.984. The molecule has 3 rings (SSSR count). The first-order valence-corrected chi connectivity index (χ1v) is 9.80. The van der Waals surface area contributed by atoms with Gasteiger partial charge in [-0.25, -0.2) is 9.18 Å².